The highest BCUT2D eigenvalue weighted by molar-refractivity contribution is 6.02. The van der Waals surface area contributed by atoms with Gasteiger partial charge < -0.3 is 9.88 Å². The van der Waals surface area contributed by atoms with Crippen molar-refractivity contribution in [2.24, 2.45) is 5.41 Å². The normalized spacial score (nSPS) is 23.0. The van der Waals surface area contributed by atoms with Gasteiger partial charge in [0.25, 0.3) is 11.5 Å². The summed E-state index contributed by atoms with van der Waals surface area (Å²) < 4.78 is 0. The van der Waals surface area contributed by atoms with Gasteiger partial charge in [-0.05, 0) is 55.1 Å². The molecule has 0 saturated heterocycles. The summed E-state index contributed by atoms with van der Waals surface area (Å²) in [5.74, 6) is 0.233. The first-order valence-electron chi connectivity index (χ1n) is 10.9. The highest BCUT2D eigenvalue weighted by atomic mass is 16.2. The Hall–Kier alpha value is -2.69. The molecule has 30 heavy (non-hydrogen) atoms. The maximum atomic E-state index is 13.1. The lowest BCUT2D eigenvalue weighted by Gasteiger charge is -2.35. The largest absolute Gasteiger partial charge is 0.339 e. The second-order valence-electron chi connectivity index (χ2n) is 9.68. The molecule has 1 saturated carbocycles. The van der Waals surface area contributed by atoms with Crippen LogP contribution in [-0.2, 0) is 6.42 Å². The molecule has 0 atom stereocenters. The van der Waals surface area contributed by atoms with Crippen molar-refractivity contribution in [1.82, 2.24) is 9.88 Å². The van der Waals surface area contributed by atoms with Crippen LogP contribution >= 0.6 is 0 Å². The molecule has 0 unspecified atom stereocenters. The van der Waals surface area contributed by atoms with Gasteiger partial charge in [-0.25, -0.2) is 0 Å². The number of aromatic nitrogens is 1. The average Bonchev–Trinajstić information content (AvgIpc) is 2.72. The Labute approximate surface area is 177 Å². The Morgan fingerprint density at radius 3 is 2.37 bits per heavy atom. The van der Waals surface area contributed by atoms with Crippen molar-refractivity contribution in [2.75, 3.05) is 7.05 Å². The zero-order valence-electron chi connectivity index (χ0n) is 18.0. The Bertz CT molecular complexity index is 1010. The Kier molecular flexibility index (Phi) is 5.39. The molecule has 0 bridgehead atoms. The lowest BCUT2D eigenvalue weighted by Crippen LogP contribution is -2.42. The van der Waals surface area contributed by atoms with Crippen LogP contribution in [0.1, 0.15) is 83.8 Å². The quantitative estimate of drug-likeness (QED) is 0.825. The van der Waals surface area contributed by atoms with Gasteiger partial charge in [-0.2, -0.15) is 0 Å². The van der Waals surface area contributed by atoms with E-state index in [9.17, 15) is 14.4 Å². The second-order valence-corrected chi connectivity index (χ2v) is 9.68. The van der Waals surface area contributed by atoms with E-state index in [1.165, 1.54) is 11.6 Å². The topological polar surface area (TPSA) is 70.2 Å². The van der Waals surface area contributed by atoms with Gasteiger partial charge in [0.05, 0.1) is 0 Å². The monoisotopic (exact) mass is 406 g/mol. The van der Waals surface area contributed by atoms with Crippen LogP contribution in [0.3, 0.4) is 0 Å². The van der Waals surface area contributed by atoms with Crippen LogP contribution in [0, 0.1) is 5.41 Å². The number of carbonyl (C=O) groups is 2. The zero-order chi connectivity index (χ0) is 21.5. The van der Waals surface area contributed by atoms with E-state index in [4.69, 9.17) is 0 Å². The van der Waals surface area contributed by atoms with Gasteiger partial charge in [-0.1, -0.05) is 44.2 Å². The van der Waals surface area contributed by atoms with Crippen molar-refractivity contribution < 1.29 is 9.59 Å². The van der Waals surface area contributed by atoms with Crippen LogP contribution in [0.5, 0.6) is 0 Å². The molecule has 1 amide bonds. The molecule has 1 heterocycles. The maximum Gasteiger partial charge on any atom is 0.261 e. The zero-order valence-corrected chi connectivity index (χ0v) is 18.0. The van der Waals surface area contributed by atoms with Crippen LogP contribution in [0.4, 0.5) is 0 Å². The van der Waals surface area contributed by atoms with E-state index in [-0.39, 0.29) is 28.7 Å². The number of ketones is 1. The number of hydrogen-bond donors (Lipinski definition) is 1. The van der Waals surface area contributed by atoms with E-state index in [1.54, 1.807) is 11.9 Å². The van der Waals surface area contributed by atoms with Crippen LogP contribution in [0.25, 0.3) is 0 Å². The fraction of sp³-hybridized carbons (Fsp3) is 0.480. The molecule has 2 aliphatic carbocycles. The molecule has 2 aliphatic rings. The van der Waals surface area contributed by atoms with Crippen molar-refractivity contribution in [3.8, 4) is 0 Å². The van der Waals surface area contributed by atoms with E-state index in [0.29, 0.717) is 30.0 Å². The Morgan fingerprint density at radius 1 is 1.03 bits per heavy atom. The number of nitrogens with one attached hydrogen (secondary N) is 1. The summed E-state index contributed by atoms with van der Waals surface area (Å²) in [4.78, 5) is 42.9. The number of nitrogens with zero attached hydrogens (tertiary/aromatic N) is 1. The number of Topliss-reactive ketones (excluding diaryl/α,β-unsaturated/α-hetero) is 1. The molecule has 0 spiro atoms. The van der Waals surface area contributed by atoms with Gasteiger partial charge >= 0.3 is 0 Å². The van der Waals surface area contributed by atoms with E-state index in [1.807, 2.05) is 19.9 Å². The first-order chi connectivity index (χ1) is 14.2. The average molecular weight is 407 g/mol. The van der Waals surface area contributed by atoms with E-state index < -0.39 is 5.56 Å². The summed E-state index contributed by atoms with van der Waals surface area (Å²) in [6.07, 6.45) is 4.95. The minimum atomic E-state index is -0.394. The van der Waals surface area contributed by atoms with Crippen molar-refractivity contribution >= 4 is 11.7 Å². The molecular weight excluding hydrogens is 376 g/mol. The number of aromatic amines is 1. The van der Waals surface area contributed by atoms with Gasteiger partial charge in [0.2, 0.25) is 0 Å². The molecule has 5 nitrogen and oxygen atoms in total. The van der Waals surface area contributed by atoms with E-state index in [0.717, 1.165) is 25.7 Å². The third kappa shape index (κ3) is 3.98. The van der Waals surface area contributed by atoms with Crippen LogP contribution in [0.15, 0.2) is 41.2 Å². The van der Waals surface area contributed by atoms with Gasteiger partial charge in [-0.3, -0.25) is 14.4 Å². The predicted molar refractivity (Wildman–Crippen MR) is 117 cm³/mol. The summed E-state index contributed by atoms with van der Waals surface area (Å²) in [5, 5.41) is 0. The number of fused-ring (bicyclic) bond motifs is 1. The SMILES string of the molecule is CN(C(=O)c1cc2c([nH]c1=O)CC(C)(C)CC2=O)C1CCC(c2ccccc2)CC1. The molecule has 158 valence electrons. The van der Waals surface area contributed by atoms with Crippen LogP contribution < -0.4 is 5.56 Å². The van der Waals surface area contributed by atoms with Crippen LogP contribution in [-0.4, -0.2) is 34.7 Å². The van der Waals surface area contributed by atoms with Crippen molar-refractivity contribution in [3.63, 3.8) is 0 Å². The van der Waals surface area contributed by atoms with Crippen molar-refractivity contribution in [1.29, 1.82) is 0 Å². The minimum Gasteiger partial charge on any atom is -0.339 e. The number of rotatable bonds is 3. The lowest BCUT2D eigenvalue weighted by atomic mass is 9.75. The molecule has 4 rings (SSSR count). The second kappa shape index (κ2) is 7.86. The van der Waals surface area contributed by atoms with Gasteiger partial charge in [0.1, 0.15) is 5.56 Å². The third-order valence-electron chi connectivity index (χ3n) is 6.78. The van der Waals surface area contributed by atoms with Crippen LogP contribution in [0.2, 0.25) is 0 Å². The maximum absolute atomic E-state index is 13.1. The van der Waals surface area contributed by atoms with Crippen molar-refractivity contribution in [3.05, 3.63) is 69.1 Å². The highest BCUT2D eigenvalue weighted by Crippen LogP contribution is 2.35. The summed E-state index contributed by atoms with van der Waals surface area (Å²) in [6.45, 7) is 4.04. The van der Waals surface area contributed by atoms with E-state index >= 15 is 0 Å². The summed E-state index contributed by atoms with van der Waals surface area (Å²) in [5.41, 5.74) is 2.02. The summed E-state index contributed by atoms with van der Waals surface area (Å²) in [6, 6.07) is 12.2. The number of benzene rings is 1. The number of hydrogen-bond acceptors (Lipinski definition) is 3. The van der Waals surface area contributed by atoms with Gasteiger partial charge in [0.15, 0.2) is 5.78 Å². The molecule has 2 aromatic rings. The first-order valence-corrected chi connectivity index (χ1v) is 10.9. The standard InChI is InChI=1S/C25H30N2O3/c1-25(2)14-21-19(22(28)15-25)13-20(23(29)26-21)24(30)27(3)18-11-9-17(10-12-18)16-7-5-4-6-8-16/h4-8,13,17-18H,9-12,14-15H2,1-3H3,(H,26,29). The van der Waals surface area contributed by atoms with E-state index in [2.05, 4.69) is 29.2 Å². The summed E-state index contributed by atoms with van der Waals surface area (Å²) in [7, 11) is 1.78. The molecule has 1 aromatic heterocycles. The molecule has 1 N–H and O–H groups in total. The Morgan fingerprint density at radius 2 is 1.70 bits per heavy atom. The first kappa shape index (κ1) is 20.6. The van der Waals surface area contributed by atoms with Gasteiger partial charge in [0, 0.05) is 30.8 Å². The number of H-pyrrole nitrogens is 1. The number of amides is 1. The Balaban J connectivity index is 1.49. The molecule has 5 heteroatoms. The molecule has 1 fully saturated rings. The number of pyridine rings is 1. The predicted octanol–water partition coefficient (Wildman–Crippen LogP) is 4.33. The minimum absolute atomic E-state index is 0.00225. The lowest BCUT2D eigenvalue weighted by molar-refractivity contribution is 0.0687. The molecule has 0 aliphatic heterocycles. The summed E-state index contributed by atoms with van der Waals surface area (Å²) >= 11 is 0. The molecule has 1 aromatic carbocycles. The third-order valence-corrected chi connectivity index (χ3v) is 6.78. The molecular formula is C25H30N2O3. The fourth-order valence-electron chi connectivity index (χ4n) is 5.06. The highest BCUT2D eigenvalue weighted by Gasteiger charge is 2.34. The fourth-order valence-corrected chi connectivity index (χ4v) is 5.06. The smallest absolute Gasteiger partial charge is 0.261 e. The molecule has 0 radical (unpaired) electrons. The van der Waals surface area contributed by atoms with Crippen molar-refractivity contribution in [2.45, 2.75) is 64.3 Å². The number of carbonyl (C=O) groups excluding carboxylic acids is 2. The van der Waals surface area contributed by atoms with Gasteiger partial charge in [-0.15, -0.1) is 0 Å².